The lowest BCUT2D eigenvalue weighted by Crippen LogP contribution is -2.58. The van der Waals surface area contributed by atoms with Gasteiger partial charge in [-0.25, -0.2) is 4.79 Å². The van der Waals surface area contributed by atoms with Gasteiger partial charge in [-0.3, -0.25) is 9.69 Å². The van der Waals surface area contributed by atoms with E-state index in [4.69, 9.17) is 15.9 Å². The number of phenols is 1. The minimum Gasteiger partial charge on any atom is -0.508 e. The lowest BCUT2D eigenvalue weighted by atomic mass is 9.91. The summed E-state index contributed by atoms with van der Waals surface area (Å²) in [6.07, 6.45) is -0.210. The van der Waals surface area contributed by atoms with E-state index in [1.165, 1.54) is 12.1 Å². The lowest BCUT2D eigenvalue weighted by molar-refractivity contribution is -0.128. The minimum absolute atomic E-state index is 0.152. The van der Waals surface area contributed by atoms with Gasteiger partial charge in [-0.05, 0) is 30.5 Å². The molecule has 1 saturated heterocycles. The van der Waals surface area contributed by atoms with Gasteiger partial charge in [0, 0.05) is 6.54 Å². The number of phenolic OH excluding ortho intramolecular Hbond substituents is 1. The largest absolute Gasteiger partial charge is 0.508 e. The van der Waals surface area contributed by atoms with Crippen LogP contribution in [0.5, 0.6) is 5.75 Å². The number of likely N-dealkylation sites (tertiary alicyclic amines) is 1. The fourth-order valence-corrected chi connectivity index (χ4v) is 2.15. The summed E-state index contributed by atoms with van der Waals surface area (Å²) in [5.74, 6) is -0.0959. The van der Waals surface area contributed by atoms with Crippen LogP contribution in [0.1, 0.15) is 12.0 Å². The predicted molar refractivity (Wildman–Crippen MR) is 67.9 cm³/mol. The first-order valence-electron chi connectivity index (χ1n) is 6.06. The van der Waals surface area contributed by atoms with E-state index in [-0.39, 0.29) is 11.5 Å². The standard InChI is InChI=1S/C13H16N2O4/c14-10(7-8-1-3-9(16)4-2-8)12(17)11-5-6-15(11)13(18)19/h1-4,10-11,16H,5-7,14H2,(H,18,19). The number of aromatic hydroxyl groups is 1. The molecule has 1 aromatic rings. The Morgan fingerprint density at radius 3 is 2.47 bits per heavy atom. The highest BCUT2D eigenvalue weighted by molar-refractivity contribution is 5.92. The molecule has 102 valence electrons. The van der Waals surface area contributed by atoms with Gasteiger partial charge in [0.05, 0.1) is 12.1 Å². The number of carbonyl (C=O) groups excluding carboxylic acids is 1. The highest BCUT2D eigenvalue weighted by Crippen LogP contribution is 2.20. The second-order valence-corrected chi connectivity index (χ2v) is 4.66. The van der Waals surface area contributed by atoms with Gasteiger partial charge < -0.3 is 15.9 Å². The fraction of sp³-hybridized carbons (Fsp3) is 0.385. The van der Waals surface area contributed by atoms with Crippen LogP contribution in [0.25, 0.3) is 0 Å². The van der Waals surface area contributed by atoms with Gasteiger partial charge in [0.1, 0.15) is 5.75 Å². The van der Waals surface area contributed by atoms with Crippen LogP contribution in [-0.2, 0) is 11.2 Å². The molecule has 1 fully saturated rings. The molecule has 19 heavy (non-hydrogen) atoms. The summed E-state index contributed by atoms with van der Waals surface area (Å²) >= 11 is 0. The third-order valence-corrected chi connectivity index (χ3v) is 3.35. The number of nitrogens with zero attached hydrogens (tertiary/aromatic N) is 1. The van der Waals surface area contributed by atoms with Gasteiger partial charge in [0.25, 0.3) is 0 Å². The van der Waals surface area contributed by atoms with E-state index < -0.39 is 18.2 Å². The molecule has 2 unspecified atom stereocenters. The van der Waals surface area contributed by atoms with Crippen molar-refractivity contribution in [2.45, 2.75) is 24.9 Å². The average Bonchev–Trinajstić information content (AvgIpc) is 2.29. The summed E-state index contributed by atoms with van der Waals surface area (Å²) in [5.41, 5.74) is 6.66. The Morgan fingerprint density at radius 2 is 2.00 bits per heavy atom. The predicted octanol–water partition coefficient (Wildman–Crippen LogP) is 0.583. The number of hydrogen-bond donors (Lipinski definition) is 3. The molecule has 1 aliphatic rings. The van der Waals surface area contributed by atoms with Crippen molar-refractivity contribution in [1.82, 2.24) is 4.90 Å². The molecule has 1 aliphatic heterocycles. The number of rotatable bonds is 4. The van der Waals surface area contributed by atoms with Crippen molar-refractivity contribution in [3.8, 4) is 5.75 Å². The van der Waals surface area contributed by atoms with Crippen molar-refractivity contribution in [3.05, 3.63) is 29.8 Å². The zero-order chi connectivity index (χ0) is 14.0. The summed E-state index contributed by atoms with van der Waals surface area (Å²) < 4.78 is 0. The number of hydrogen-bond acceptors (Lipinski definition) is 4. The number of nitrogens with two attached hydrogens (primary N) is 1. The molecule has 0 bridgehead atoms. The van der Waals surface area contributed by atoms with Gasteiger partial charge in [0.15, 0.2) is 5.78 Å². The monoisotopic (exact) mass is 264 g/mol. The Hall–Kier alpha value is -2.08. The first-order chi connectivity index (χ1) is 8.99. The van der Waals surface area contributed by atoms with E-state index in [9.17, 15) is 9.59 Å². The van der Waals surface area contributed by atoms with E-state index in [2.05, 4.69) is 0 Å². The van der Waals surface area contributed by atoms with Crippen LogP contribution in [0, 0.1) is 0 Å². The maximum Gasteiger partial charge on any atom is 0.407 e. The van der Waals surface area contributed by atoms with Crippen LogP contribution in [-0.4, -0.2) is 45.6 Å². The number of carbonyl (C=O) groups is 2. The van der Waals surface area contributed by atoms with Crippen LogP contribution in [0.3, 0.4) is 0 Å². The van der Waals surface area contributed by atoms with Gasteiger partial charge in [-0.15, -0.1) is 0 Å². The van der Waals surface area contributed by atoms with E-state index in [0.29, 0.717) is 19.4 Å². The maximum atomic E-state index is 12.0. The number of ketones is 1. The summed E-state index contributed by atoms with van der Waals surface area (Å²) in [6.45, 7) is 0.387. The van der Waals surface area contributed by atoms with Crippen molar-refractivity contribution < 1.29 is 19.8 Å². The van der Waals surface area contributed by atoms with Crippen molar-refractivity contribution in [1.29, 1.82) is 0 Å². The highest BCUT2D eigenvalue weighted by atomic mass is 16.4. The van der Waals surface area contributed by atoms with Gasteiger partial charge in [0.2, 0.25) is 0 Å². The van der Waals surface area contributed by atoms with E-state index in [1.807, 2.05) is 0 Å². The molecular formula is C13H16N2O4. The fourth-order valence-electron chi connectivity index (χ4n) is 2.15. The number of Topliss-reactive ketones (excluding diaryl/α,β-unsaturated/α-hetero) is 1. The second kappa shape index (κ2) is 5.27. The summed E-state index contributed by atoms with van der Waals surface area (Å²) in [4.78, 5) is 24.0. The molecule has 0 aliphatic carbocycles. The van der Waals surface area contributed by atoms with Crippen molar-refractivity contribution >= 4 is 11.9 Å². The smallest absolute Gasteiger partial charge is 0.407 e. The Labute approximate surface area is 110 Å². The average molecular weight is 264 g/mol. The Bertz CT molecular complexity index is 486. The molecule has 1 aromatic carbocycles. The van der Waals surface area contributed by atoms with Gasteiger partial charge >= 0.3 is 6.09 Å². The summed E-state index contributed by atoms with van der Waals surface area (Å²) in [5, 5.41) is 18.0. The number of carboxylic acid groups (broad SMARTS) is 1. The van der Waals surface area contributed by atoms with Crippen molar-refractivity contribution in [2.24, 2.45) is 5.73 Å². The molecule has 0 spiro atoms. The van der Waals surface area contributed by atoms with Crippen LogP contribution in [0.2, 0.25) is 0 Å². The molecular weight excluding hydrogens is 248 g/mol. The topological polar surface area (TPSA) is 104 Å². The molecule has 1 heterocycles. The van der Waals surface area contributed by atoms with E-state index in [0.717, 1.165) is 10.5 Å². The molecule has 0 aromatic heterocycles. The van der Waals surface area contributed by atoms with E-state index >= 15 is 0 Å². The summed E-state index contributed by atoms with van der Waals surface area (Å²) in [6, 6.07) is 5.11. The molecule has 0 saturated carbocycles. The van der Waals surface area contributed by atoms with Crippen LogP contribution < -0.4 is 5.73 Å². The van der Waals surface area contributed by atoms with E-state index in [1.54, 1.807) is 12.1 Å². The highest BCUT2D eigenvalue weighted by Gasteiger charge is 2.39. The number of amides is 1. The van der Waals surface area contributed by atoms with Gasteiger partial charge in [-0.2, -0.15) is 0 Å². The van der Waals surface area contributed by atoms with Crippen LogP contribution in [0.4, 0.5) is 4.79 Å². The lowest BCUT2D eigenvalue weighted by Gasteiger charge is -2.38. The third kappa shape index (κ3) is 2.85. The minimum atomic E-state index is -1.08. The molecule has 2 rings (SSSR count). The SMILES string of the molecule is NC(Cc1ccc(O)cc1)C(=O)C1CCN1C(=O)O. The molecule has 2 atom stereocenters. The molecule has 0 radical (unpaired) electrons. The number of benzene rings is 1. The maximum absolute atomic E-state index is 12.0. The first-order valence-corrected chi connectivity index (χ1v) is 6.06. The molecule has 6 heteroatoms. The summed E-state index contributed by atoms with van der Waals surface area (Å²) in [7, 11) is 0. The zero-order valence-electron chi connectivity index (χ0n) is 10.3. The zero-order valence-corrected chi connectivity index (χ0v) is 10.3. The Balaban J connectivity index is 1.96. The van der Waals surface area contributed by atoms with Crippen molar-refractivity contribution in [2.75, 3.05) is 6.54 Å². The molecule has 1 amide bonds. The molecule has 6 nitrogen and oxygen atoms in total. The third-order valence-electron chi connectivity index (χ3n) is 3.35. The Kier molecular flexibility index (Phi) is 3.71. The van der Waals surface area contributed by atoms with Gasteiger partial charge in [-0.1, -0.05) is 12.1 Å². The normalized spacial score (nSPS) is 19.6. The second-order valence-electron chi connectivity index (χ2n) is 4.66. The van der Waals surface area contributed by atoms with Crippen LogP contribution >= 0.6 is 0 Å². The van der Waals surface area contributed by atoms with Crippen LogP contribution in [0.15, 0.2) is 24.3 Å². The Morgan fingerprint density at radius 1 is 1.37 bits per heavy atom. The van der Waals surface area contributed by atoms with Crippen molar-refractivity contribution in [3.63, 3.8) is 0 Å². The first kappa shape index (κ1) is 13.4. The quantitative estimate of drug-likeness (QED) is 0.738. The molecule has 4 N–H and O–H groups in total.